The second-order valence-corrected chi connectivity index (χ2v) is 8.77. The van der Waals surface area contributed by atoms with Gasteiger partial charge in [0.15, 0.2) is 5.11 Å². The molecule has 8 heteroatoms. The minimum absolute atomic E-state index is 0.264. The first-order valence-corrected chi connectivity index (χ1v) is 11.3. The molecule has 28 heavy (non-hydrogen) atoms. The summed E-state index contributed by atoms with van der Waals surface area (Å²) in [6.07, 6.45) is 5.16. The van der Waals surface area contributed by atoms with Gasteiger partial charge in [0.05, 0.1) is 5.56 Å². The highest BCUT2D eigenvalue weighted by Gasteiger charge is 2.13. The van der Waals surface area contributed by atoms with Crippen LogP contribution < -0.4 is 16.2 Å². The molecule has 5 nitrogen and oxygen atoms in total. The molecule has 0 saturated heterocycles. The fourth-order valence-electron chi connectivity index (χ4n) is 2.63. The Morgan fingerprint density at radius 3 is 2.61 bits per heavy atom. The van der Waals surface area contributed by atoms with Gasteiger partial charge in [-0.05, 0) is 73.6 Å². The lowest BCUT2D eigenvalue weighted by Crippen LogP contribution is -2.44. The Labute approximate surface area is 184 Å². The van der Waals surface area contributed by atoms with Crippen molar-refractivity contribution in [1.82, 2.24) is 15.8 Å². The van der Waals surface area contributed by atoms with Gasteiger partial charge in [-0.25, -0.2) is 4.98 Å². The minimum atomic E-state index is -0.264. The molecule has 0 unspecified atom stereocenters. The van der Waals surface area contributed by atoms with Crippen molar-refractivity contribution in [2.75, 3.05) is 11.1 Å². The first kappa shape index (κ1) is 22.6. The Hall–Kier alpha value is -1.64. The van der Waals surface area contributed by atoms with Crippen molar-refractivity contribution in [2.24, 2.45) is 0 Å². The summed E-state index contributed by atoms with van der Waals surface area (Å²) in [5.74, 6) is 0.681. The molecular formula is C20H25BrN4OS2. The van der Waals surface area contributed by atoms with Gasteiger partial charge in [0.1, 0.15) is 5.03 Å². The summed E-state index contributed by atoms with van der Waals surface area (Å²) >= 11 is 10.4. The molecule has 0 aliphatic carbocycles. The Balaban J connectivity index is 1.94. The van der Waals surface area contributed by atoms with Crippen LogP contribution in [0.5, 0.6) is 0 Å². The van der Waals surface area contributed by atoms with Crippen LogP contribution in [0, 0.1) is 13.8 Å². The zero-order chi connectivity index (χ0) is 20.5. The number of hydrogen-bond donors (Lipinski definition) is 3. The number of benzene rings is 1. The number of anilines is 1. The largest absolute Gasteiger partial charge is 0.331 e. The number of pyridine rings is 1. The normalized spacial score (nSPS) is 10.4. The van der Waals surface area contributed by atoms with E-state index in [1.807, 2.05) is 26.0 Å². The third-order valence-corrected chi connectivity index (χ3v) is 5.78. The van der Waals surface area contributed by atoms with E-state index in [1.165, 1.54) is 12.8 Å². The number of thioether (sulfide) groups is 1. The molecule has 1 aromatic carbocycles. The molecule has 0 saturated carbocycles. The molecule has 0 spiro atoms. The highest BCUT2D eigenvalue weighted by atomic mass is 79.9. The van der Waals surface area contributed by atoms with Crippen molar-refractivity contribution in [1.29, 1.82) is 0 Å². The first-order valence-electron chi connectivity index (χ1n) is 9.14. The van der Waals surface area contributed by atoms with Crippen LogP contribution in [0.1, 0.15) is 47.7 Å². The lowest BCUT2D eigenvalue weighted by molar-refractivity contribution is 0.0940. The summed E-state index contributed by atoms with van der Waals surface area (Å²) in [4.78, 5) is 16.9. The SMILES string of the molecule is CCCCCSc1ncccc1C(=O)NNC(=S)Nc1c(C)cc(Br)cc1C. The smallest absolute Gasteiger partial charge is 0.272 e. The topological polar surface area (TPSA) is 66.0 Å². The highest BCUT2D eigenvalue weighted by Crippen LogP contribution is 2.25. The number of amides is 1. The number of nitrogens with one attached hydrogen (secondary N) is 3. The van der Waals surface area contributed by atoms with Gasteiger partial charge in [0.25, 0.3) is 5.91 Å². The Morgan fingerprint density at radius 1 is 1.21 bits per heavy atom. The predicted molar refractivity (Wildman–Crippen MR) is 125 cm³/mol. The van der Waals surface area contributed by atoms with Gasteiger partial charge in [-0.15, -0.1) is 11.8 Å². The third kappa shape index (κ3) is 6.76. The molecule has 1 aromatic heterocycles. The van der Waals surface area contributed by atoms with Crippen molar-refractivity contribution < 1.29 is 4.79 Å². The molecule has 2 aromatic rings. The zero-order valence-electron chi connectivity index (χ0n) is 16.3. The van der Waals surface area contributed by atoms with E-state index in [2.05, 4.69) is 44.0 Å². The number of hydrogen-bond acceptors (Lipinski definition) is 4. The second-order valence-electron chi connectivity index (χ2n) is 6.36. The number of aromatic nitrogens is 1. The standard InChI is InChI=1S/C20H25BrN4OS2/c1-4-5-6-10-28-19-16(8-7-9-22-19)18(26)24-25-20(27)23-17-13(2)11-15(21)12-14(17)3/h7-9,11-12H,4-6,10H2,1-3H3,(H,24,26)(H2,23,25,27). The van der Waals surface area contributed by atoms with Gasteiger partial charge in [0.2, 0.25) is 0 Å². The number of aryl methyl sites for hydroxylation is 2. The third-order valence-electron chi connectivity index (χ3n) is 4.03. The van der Waals surface area contributed by atoms with Gasteiger partial charge in [-0.2, -0.15) is 0 Å². The summed E-state index contributed by atoms with van der Waals surface area (Å²) in [5, 5.41) is 4.19. The van der Waals surface area contributed by atoms with Crippen LogP contribution in [-0.4, -0.2) is 21.8 Å². The van der Waals surface area contributed by atoms with Gasteiger partial charge < -0.3 is 5.32 Å². The highest BCUT2D eigenvalue weighted by molar-refractivity contribution is 9.10. The van der Waals surface area contributed by atoms with Crippen molar-refractivity contribution >= 4 is 56.6 Å². The summed E-state index contributed by atoms with van der Waals surface area (Å²) in [7, 11) is 0. The van der Waals surface area contributed by atoms with E-state index >= 15 is 0 Å². The van der Waals surface area contributed by atoms with Crippen LogP contribution in [0.4, 0.5) is 5.69 Å². The summed E-state index contributed by atoms with van der Waals surface area (Å²) < 4.78 is 1.01. The number of carbonyl (C=O) groups is 1. The number of hydrazine groups is 1. The Kier molecular flexibility index (Phi) is 9.21. The van der Waals surface area contributed by atoms with E-state index in [-0.39, 0.29) is 5.91 Å². The Morgan fingerprint density at radius 2 is 1.93 bits per heavy atom. The quantitative estimate of drug-likeness (QED) is 0.214. The minimum Gasteiger partial charge on any atom is -0.331 e. The average molecular weight is 481 g/mol. The van der Waals surface area contributed by atoms with Crippen molar-refractivity contribution in [2.45, 2.75) is 45.1 Å². The number of unbranched alkanes of at least 4 members (excludes halogenated alkanes) is 2. The van der Waals surface area contributed by atoms with Crippen LogP contribution in [0.3, 0.4) is 0 Å². The molecule has 0 aliphatic heterocycles. The molecule has 150 valence electrons. The van der Waals surface area contributed by atoms with E-state index < -0.39 is 0 Å². The lowest BCUT2D eigenvalue weighted by atomic mass is 10.1. The van der Waals surface area contributed by atoms with E-state index in [4.69, 9.17) is 12.2 Å². The van der Waals surface area contributed by atoms with Crippen molar-refractivity contribution in [3.05, 3.63) is 51.6 Å². The molecule has 0 fully saturated rings. The molecule has 0 aliphatic rings. The van der Waals surface area contributed by atoms with Crippen LogP contribution in [-0.2, 0) is 0 Å². The molecular weight excluding hydrogens is 456 g/mol. The maximum absolute atomic E-state index is 12.6. The zero-order valence-corrected chi connectivity index (χ0v) is 19.5. The number of thiocarbonyl (C=S) groups is 1. The van der Waals surface area contributed by atoms with Crippen LogP contribution >= 0.6 is 39.9 Å². The maximum atomic E-state index is 12.6. The van der Waals surface area contributed by atoms with Crippen LogP contribution in [0.25, 0.3) is 0 Å². The number of halogens is 1. The molecule has 0 atom stereocenters. The number of nitrogens with zero attached hydrogens (tertiary/aromatic N) is 1. The average Bonchev–Trinajstić information content (AvgIpc) is 2.66. The summed E-state index contributed by atoms with van der Waals surface area (Å²) in [6, 6.07) is 7.55. The lowest BCUT2D eigenvalue weighted by Gasteiger charge is -2.16. The van der Waals surface area contributed by atoms with E-state index in [0.717, 1.165) is 38.5 Å². The molecule has 2 rings (SSSR count). The summed E-state index contributed by atoms with van der Waals surface area (Å²) in [6.45, 7) is 6.17. The van der Waals surface area contributed by atoms with Crippen LogP contribution in [0.2, 0.25) is 0 Å². The number of rotatable bonds is 7. The van der Waals surface area contributed by atoms with Gasteiger partial charge in [-0.3, -0.25) is 15.6 Å². The molecule has 1 amide bonds. The molecule has 3 N–H and O–H groups in total. The van der Waals surface area contributed by atoms with E-state index in [0.29, 0.717) is 10.7 Å². The van der Waals surface area contributed by atoms with E-state index in [9.17, 15) is 4.79 Å². The fourth-order valence-corrected chi connectivity index (χ4v) is 4.47. The van der Waals surface area contributed by atoms with E-state index in [1.54, 1.807) is 30.1 Å². The molecule has 1 heterocycles. The Bertz CT molecular complexity index is 822. The van der Waals surface area contributed by atoms with Gasteiger partial charge in [0, 0.05) is 16.4 Å². The van der Waals surface area contributed by atoms with Crippen molar-refractivity contribution in [3.63, 3.8) is 0 Å². The number of carbonyl (C=O) groups excluding carboxylic acids is 1. The predicted octanol–water partition coefficient (Wildman–Crippen LogP) is 5.37. The first-order chi connectivity index (χ1) is 13.4. The molecule has 0 radical (unpaired) electrons. The fraction of sp³-hybridized carbons (Fsp3) is 0.350. The molecule has 0 bridgehead atoms. The van der Waals surface area contributed by atoms with Gasteiger partial charge in [-0.1, -0.05) is 35.7 Å². The summed E-state index contributed by atoms with van der Waals surface area (Å²) in [5.41, 5.74) is 9.00. The second kappa shape index (κ2) is 11.4. The monoisotopic (exact) mass is 480 g/mol. The van der Waals surface area contributed by atoms with Crippen molar-refractivity contribution in [3.8, 4) is 0 Å². The van der Waals surface area contributed by atoms with Gasteiger partial charge >= 0.3 is 0 Å². The maximum Gasteiger partial charge on any atom is 0.272 e. The van der Waals surface area contributed by atoms with Crippen LogP contribution in [0.15, 0.2) is 40.0 Å².